The summed E-state index contributed by atoms with van der Waals surface area (Å²) in [5.41, 5.74) is 8.09. The first kappa shape index (κ1) is 24.2. The first-order valence-electron chi connectivity index (χ1n) is 13.7. The number of hydrogen-bond donors (Lipinski definition) is 1. The van der Waals surface area contributed by atoms with Gasteiger partial charge in [0, 0.05) is 34.6 Å². The molecule has 1 fully saturated rings. The van der Waals surface area contributed by atoms with Crippen LogP contribution < -0.4 is 9.47 Å². The van der Waals surface area contributed by atoms with Gasteiger partial charge >= 0.3 is 0 Å². The summed E-state index contributed by atoms with van der Waals surface area (Å²) >= 11 is 0. The van der Waals surface area contributed by atoms with Gasteiger partial charge in [-0.2, -0.15) is 0 Å². The number of phenolic OH excluding ortho intramolecular Hbond substituents is 1. The van der Waals surface area contributed by atoms with Gasteiger partial charge in [0.25, 0.3) is 0 Å². The predicted octanol–water partition coefficient (Wildman–Crippen LogP) is 5.45. The normalized spacial score (nSPS) is 23.4. The summed E-state index contributed by atoms with van der Waals surface area (Å²) in [6.45, 7) is 0.994. The number of likely N-dealkylation sites (tertiary alicyclic amines) is 1. The highest BCUT2D eigenvalue weighted by atomic mass is 16.5. The number of aromatic hydroxyl groups is 1. The number of methoxy groups -OCH3 is 2. The molecule has 2 aliphatic carbocycles. The zero-order valence-corrected chi connectivity index (χ0v) is 22.6. The van der Waals surface area contributed by atoms with Crippen molar-refractivity contribution >= 4 is 0 Å². The average Bonchev–Trinajstić information content (AvgIpc) is 2.98. The van der Waals surface area contributed by atoms with E-state index >= 15 is 0 Å². The van der Waals surface area contributed by atoms with Gasteiger partial charge in [-0.05, 0) is 74.7 Å². The smallest absolute Gasteiger partial charge is 0.161 e. The van der Waals surface area contributed by atoms with Crippen molar-refractivity contribution in [3.05, 3.63) is 89.2 Å². The van der Waals surface area contributed by atoms with Crippen molar-refractivity contribution in [3.63, 3.8) is 0 Å². The number of ether oxygens (including phenoxy) is 2. The highest BCUT2D eigenvalue weighted by Gasteiger charge is 2.56. The van der Waals surface area contributed by atoms with E-state index in [9.17, 15) is 5.11 Å². The molecule has 6 heteroatoms. The lowest BCUT2D eigenvalue weighted by molar-refractivity contribution is 0.0210. The lowest BCUT2D eigenvalue weighted by Gasteiger charge is -2.58. The Morgan fingerprint density at radius 2 is 1.56 bits per heavy atom. The summed E-state index contributed by atoms with van der Waals surface area (Å²) in [6, 6.07) is 22.9. The molecule has 7 rings (SSSR count). The van der Waals surface area contributed by atoms with Gasteiger partial charge in [0.05, 0.1) is 37.0 Å². The van der Waals surface area contributed by atoms with E-state index in [0.29, 0.717) is 23.5 Å². The summed E-state index contributed by atoms with van der Waals surface area (Å²) in [7, 11) is 5.55. The maximum absolute atomic E-state index is 11.5. The molecule has 2 bridgehead atoms. The molecule has 39 heavy (non-hydrogen) atoms. The lowest BCUT2D eigenvalue weighted by Crippen LogP contribution is -2.61. The molecule has 2 heterocycles. The van der Waals surface area contributed by atoms with Crippen LogP contribution in [-0.2, 0) is 24.7 Å². The standard InChI is InChI=1S/C33H33N3O3/c1-36-16-15-33-19-26-25(18-24(33)27(36)17-22-11-14-28(39-3)32(37)29(22)33)34-30(20-7-5-4-6-8-20)31(35-26)21-9-12-23(38-2)13-10-21/h4-14,24,27,37H,15-19H2,1-3H3/t24-,27+,33-/m1/s1. The van der Waals surface area contributed by atoms with Gasteiger partial charge < -0.3 is 19.5 Å². The predicted molar refractivity (Wildman–Crippen MR) is 151 cm³/mol. The number of fused-ring (bicyclic) bond motifs is 2. The van der Waals surface area contributed by atoms with Gasteiger partial charge in [0.1, 0.15) is 5.75 Å². The number of piperidine rings is 1. The molecule has 1 aromatic heterocycles. The minimum absolute atomic E-state index is 0.198. The topological polar surface area (TPSA) is 67.7 Å². The zero-order chi connectivity index (χ0) is 26.7. The van der Waals surface area contributed by atoms with Crippen molar-refractivity contribution in [3.8, 4) is 39.8 Å². The lowest BCUT2D eigenvalue weighted by atomic mass is 9.52. The third-order valence-corrected chi connectivity index (χ3v) is 9.38. The maximum atomic E-state index is 11.5. The molecule has 1 saturated heterocycles. The Bertz CT molecular complexity index is 1550. The second-order valence-electron chi connectivity index (χ2n) is 11.2. The fraction of sp³-hybridized carbons (Fsp3) is 0.333. The SMILES string of the molecule is COc1ccc(-c2nc3c(nc2-c2ccccc2)C[C@@H]2[C@@H]4Cc5ccc(OC)c(O)c5[C@]2(CCN4C)C3)cc1. The molecule has 0 radical (unpaired) electrons. The van der Waals surface area contributed by atoms with E-state index in [4.69, 9.17) is 19.4 Å². The van der Waals surface area contributed by atoms with Crippen LogP contribution in [0.3, 0.4) is 0 Å². The number of benzene rings is 3. The molecule has 1 aliphatic heterocycles. The van der Waals surface area contributed by atoms with E-state index in [1.165, 1.54) is 5.56 Å². The van der Waals surface area contributed by atoms with Gasteiger partial charge in [-0.1, -0.05) is 36.4 Å². The Labute approximate surface area is 229 Å². The molecular weight excluding hydrogens is 486 g/mol. The molecule has 1 N–H and O–H groups in total. The third-order valence-electron chi connectivity index (χ3n) is 9.38. The number of hydrogen-bond acceptors (Lipinski definition) is 6. The van der Waals surface area contributed by atoms with E-state index in [-0.39, 0.29) is 5.41 Å². The average molecular weight is 520 g/mol. The van der Waals surface area contributed by atoms with Crippen molar-refractivity contribution in [1.29, 1.82) is 0 Å². The summed E-state index contributed by atoms with van der Waals surface area (Å²) < 4.78 is 11.0. The molecule has 0 spiro atoms. The second-order valence-corrected chi connectivity index (χ2v) is 11.2. The maximum Gasteiger partial charge on any atom is 0.161 e. The minimum Gasteiger partial charge on any atom is -0.504 e. The van der Waals surface area contributed by atoms with Gasteiger partial charge in [-0.25, -0.2) is 9.97 Å². The highest BCUT2D eigenvalue weighted by molar-refractivity contribution is 5.78. The van der Waals surface area contributed by atoms with E-state index in [1.807, 2.05) is 24.3 Å². The quantitative estimate of drug-likeness (QED) is 0.387. The van der Waals surface area contributed by atoms with Gasteiger partial charge in [0.15, 0.2) is 11.5 Å². The minimum atomic E-state index is -0.198. The van der Waals surface area contributed by atoms with E-state index in [0.717, 1.165) is 77.4 Å². The summed E-state index contributed by atoms with van der Waals surface area (Å²) in [5, 5.41) is 11.5. The number of likely N-dealkylation sites (N-methyl/N-ethyl adjacent to an activating group) is 1. The Morgan fingerprint density at radius 3 is 2.28 bits per heavy atom. The fourth-order valence-corrected chi connectivity index (χ4v) is 7.44. The molecule has 3 aliphatic rings. The Morgan fingerprint density at radius 1 is 0.846 bits per heavy atom. The van der Waals surface area contributed by atoms with Gasteiger partial charge in [0.2, 0.25) is 0 Å². The van der Waals surface area contributed by atoms with Crippen molar-refractivity contribution in [1.82, 2.24) is 14.9 Å². The van der Waals surface area contributed by atoms with Crippen molar-refractivity contribution in [2.24, 2.45) is 5.92 Å². The van der Waals surface area contributed by atoms with Crippen LogP contribution in [0, 0.1) is 5.92 Å². The third kappa shape index (κ3) is 3.65. The second kappa shape index (κ2) is 9.09. The van der Waals surface area contributed by atoms with Crippen molar-refractivity contribution in [2.75, 3.05) is 27.8 Å². The van der Waals surface area contributed by atoms with Crippen LogP contribution in [0.2, 0.25) is 0 Å². The van der Waals surface area contributed by atoms with Crippen LogP contribution in [0.1, 0.15) is 28.9 Å². The molecule has 198 valence electrons. The Kier molecular flexibility index (Phi) is 5.63. The summed E-state index contributed by atoms with van der Waals surface area (Å²) in [5.74, 6) is 2.01. The largest absolute Gasteiger partial charge is 0.504 e. The molecule has 0 saturated carbocycles. The van der Waals surface area contributed by atoms with Crippen LogP contribution in [0.25, 0.3) is 22.5 Å². The van der Waals surface area contributed by atoms with Crippen LogP contribution in [-0.4, -0.2) is 53.8 Å². The molecule has 6 nitrogen and oxygen atoms in total. The molecule has 0 amide bonds. The molecule has 3 aromatic carbocycles. The Balaban J connectivity index is 1.43. The van der Waals surface area contributed by atoms with Gasteiger partial charge in [-0.3, -0.25) is 0 Å². The molecule has 4 aromatic rings. The fourth-order valence-electron chi connectivity index (χ4n) is 7.44. The van der Waals surface area contributed by atoms with Crippen molar-refractivity contribution in [2.45, 2.75) is 37.1 Å². The van der Waals surface area contributed by atoms with E-state index in [1.54, 1.807) is 14.2 Å². The van der Waals surface area contributed by atoms with Crippen LogP contribution >= 0.6 is 0 Å². The molecular formula is C33H33N3O3. The molecule has 3 atom stereocenters. The van der Waals surface area contributed by atoms with Crippen LogP contribution in [0.5, 0.6) is 17.2 Å². The number of rotatable bonds is 4. The summed E-state index contributed by atoms with van der Waals surface area (Å²) in [4.78, 5) is 13.2. The van der Waals surface area contributed by atoms with Crippen molar-refractivity contribution < 1.29 is 14.6 Å². The number of phenols is 1. The first-order chi connectivity index (χ1) is 19.0. The van der Waals surface area contributed by atoms with E-state index in [2.05, 4.69) is 54.4 Å². The van der Waals surface area contributed by atoms with Gasteiger partial charge in [-0.15, -0.1) is 0 Å². The monoisotopic (exact) mass is 519 g/mol. The number of nitrogens with zero attached hydrogens (tertiary/aromatic N) is 3. The van der Waals surface area contributed by atoms with E-state index < -0.39 is 0 Å². The van der Waals surface area contributed by atoms with Crippen LogP contribution in [0.15, 0.2) is 66.7 Å². The highest BCUT2D eigenvalue weighted by Crippen LogP contribution is 2.57. The first-order valence-corrected chi connectivity index (χ1v) is 13.7. The molecule has 0 unspecified atom stereocenters. The van der Waals surface area contributed by atoms with Crippen LogP contribution in [0.4, 0.5) is 0 Å². The number of aromatic nitrogens is 2. The Hall–Kier alpha value is -3.90. The zero-order valence-electron chi connectivity index (χ0n) is 22.6. The summed E-state index contributed by atoms with van der Waals surface area (Å²) in [6.07, 6.45) is 3.50.